The van der Waals surface area contributed by atoms with E-state index in [-0.39, 0.29) is 0 Å². The number of benzene rings is 1. The molecule has 0 atom stereocenters. The van der Waals surface area contributed by atoms with Crippen molar-refractivity contribution in [2.75, 3.05) is 19.0 Å². The van der Waals surface area contributed by atoms with Gasteiger partial charge in [0.2, 0.25) is 0 Å². The minimum atomic E-state index is -0.394. The highest BCUT2D eigenvalue weighted by atomic mass is 35.5. The SMILES string of the molecule is CCOC(=O)c1csc2ncnc(Nc3ccc(OC)c(Cl)c3)c12. The van der Waals surface area contributed by atoms with Crippen molar-refractivity contribution in [3.63, 3.8) is 0 Å². The number of ether oxygens (including phenoxy) is 2. The van der Waals surface area contributed by atoms with E-state index < -0.39 is 5.97 Å². The first-order chi connectivity index (χ1) is 11.6. The number of nitrogens with one attached hydrogen (secondary N) is 1. The lowest BCUT2D eigenvalue weighted by Crippen LogP contribution is -2.05. The zero-order valence-corrected chi connectivity index (χ0v) is 14.6. The molecule has 0 fully saturated rings. The average molecular weight is 364 g/mol. The molecule has 8 heteroatoms. The van der Waals surface area contributed by atoms with Gasteiger partial charge < -0.3 is 14.8 Å². The molecule has 0 aliphatic carbocycles. The van der Waals surface area contributed by atoms with Crippen molar-refractivity contribution >= 4 is 50.6 Å². The van der Waals surface area contributed by atoms with E-state index in [2.05, 4.69) is 15.3 Å². The number of esters is 1. The van der Waals surface area contributed by atoms with E-state index in [1.807, 2.05) is 6.07 Å². The Hall–Kier alpha value is -2.38. The molecule has 0 aliphatic rings. The first-order valence-electron chi connectivity index (χ1n) is 7.14. The van der Waals surface area contributed by atoms with Crippen LogP contribution in [0.3, 0.4) is 0 Å². The number of fused-ring (bicyclic) bond motifs is 1. The summed E-state index contributed by atoms with van der Waals surface area (Å²) in [7, 11) is 1.55. The van der Waals surface area contributed by atoms with Gasteiger partial charge in [-0.15, -0.1) is 11.3 Å². The number of hydrogen-bond acceptors (Lipinski definition) is 7. The van der Waals surface area contributed by atoms with E-state index in [0.717, 1.165) is 5.69 Å². The Morgan fingerprint density at radius 1 is 1.38 bits per heavy atom. The minimum absolute atomic E-state index is 0.306. The summed E-state index contributed by atoms with van der Waals surface area (Å²) in [6.07, 6.45) is 1.45. The van der Waals surface area contributed by atoms with Crippen LogP contribution in [0.2, 0.25) is 5.02 Å². The molecule has 0 amide bonds. The maximum atomic E-state index is 12.1. The first-order valence-corrected chi connectivity index (χ1v) is 8.39. The molecule has 2 aromatic heterocycles. The lowest BCUT2D eigenvalue weighted by atomic mass is 10.2. The van der Waals surface area contributed by atoms with Crippen LogP contribution in [0, 0.1) is 0 Å². The second-order valence-electron chi connectivity index (χ2n) is 4.75. The second kappa shape index (κ2) is 7.02. The molecule has 124 valence electrons. The Labute approximate surface area is 147 Å². The van der Waals surface area contributed by atoms with Gasteiger partial charge in [0.15, 0.2) is 0 Å². The number of carbonyl (C=O) groups excluding carboxylic acids is 1. The third-order valence-corrected chi connectivity index (χ3v) is 4.46. The molecule has 0 saturated heterocycles. The van der Waals surface area contributed by atoms with Gasteiger partial charge in [0, 0.05) is 11.1 Å². The fraction of sp³-hybridized carbons (Fsp3) is 0.188. The van der Waals surface area contributed by atoms with Crippen LogP contribution in [0.25, 0.3) is 10.2 Å². The maximum Gasteiger partial charge on any atom is 0.339 e. The Balaban J connectivity index is 2.01. The van der Waals surface area contributed by atoms with E-state index in [1.165, 1.54) is 17.7 Å². The first kappa shape index (κ1) is 16.5. The standard InChI is InChI=1S/C16H14ClN3O3S/c1-3-23-16(21)10-7-24-15-13(10)14(18-8-19-15)20-9-4-5-12(22-2)11(17)6-9/h4-8H,3H2,1-2H3,(H,18,19,20). The summed E-state index contributed by atoms with van der Waals surface area (Å²) in [5.41, 5.74) is 1.17. The fourth-order valence-electron chi connectivity index (χ4n) is 2.21. The van der Waals surface area contributed by atoms with Crippen LogP contribution in [0.5, 0.6) is 5.75 Å². The maximum absolute atomic E-state index is 12.1. The summed E-state index contributed by atoms with van der Waals surface area (Å²) in [6, 6.07) is 5.29. The van der Waals surface area contributed by atoms with Crippen LogP contribution >= 0.6 is 22.9 Å². The normalized spacial score (nSPS) is 10.6. The molecule has 6 nitrogen and oxygen atoms in total. The third-order valence-electron chi connectivity index (χ3n) is 3.28. The highest BCUT2D eigenvalue weighted by molar-refractivity contribution is 7.17. The van der Waals surface area contributed by atoms with Crippen molar-refractivity contribution in [1.82, 2.24) is 9.97 Å². The lowest BCUT2D eigenvalue weighted by Gasteiger charge is -2.10. The van der Waals surface area contributed by atoms with Crippen molar-refractivity contribution in [2.45, 2.75) is 6.92 Å². The minimum Gasteiger partial charge on any atom is -0.495 e. The summed E-state index contributed by atoms with van der Waals surface area (Å²) in [6.45, 7) is 2.07. The van der Waals surface area contributed by atoms with Gasteiger partial charge in [-0.3, -0.25) is 0 Å². The van der Waals surface area contributed by atoms with Crippen LogP contribution in [-0.4, -0.2) is 29.7 Å². The van der Waals surface area contributed by atoms with Crippen LogP contribution in [0.1, 0.15) is 17.3 Å². The van der Waals surface area contributed by atoms with E-state index in [9.17, 15) is 4.79 Å². The molecule has 0 saturated carbocycles. The monoisotopic (exact) mass is 363 g/mol. The summed E-state index contributed by atoms with van der Waals surface area (Å²) >= 11 is 7.51. The summed E-state index contributed by atoms with van der Waals surface area (Å²) in [4.78, 5) is 21.3. The topological polar surface area (TPSA) is 73.3 Å². The van der Waals surface area contributed by atoms with Crippen molar-refractivity contribution in [3.8, 4) is 5.75 Å². The predicted octanol–water partition coefficient (Wildman–Crippen LogP) is 4.27. The van der Waals surface area contributed by atoms with E-state index in [0.29, 0.717) is 39.0 Å². The molecule has 1 N–H and O–H groups in total. The van der Waals surface area contributed by atoms with Gasteiger partial charge in [-0.05, 0) is 25.1 Å². The van der Waals surface area contributed by atoms with Crippen LogP contribution in [-0.2, 0) is 4.74 Å². The molecule has 3 rings (SSSR count). The van der Waals surface area contributed by atoms with Crippen LogP contribution < -0.4 is 10.1 Å². The van der Waals surface area contributed by atoms with Gasteiger partial charge in [-0.25, -0.2) is 14.8 Å². The van der Waals surface area contributed by atoms with E-state index >= 15 is 0 Å². The van der Waals surface area contributed by atoms with Crippen molar-refractivity contribution in [2.24, 2.45) is 0 Å². The highest BCUT2D eigenvalue weighted by Crippen LogP contribution is 2.33. The van der Waals surface area contributed by atoms with Gasteiger partial charge in [0.05, 0.1) is 29.7 Å². The number of nitrogens with zero attached hydrogens (tertiary/aromatic N) is 2. The molecule has 0 radical (unpaired) electrons. The molecule has 24 heavy (non-hydrogen) atoms. The summed E-state index contributed by atoms with van der Waals surface area (Å²) < 4.78 is 10.2. The van der Waals surface area contributed by atoms with Gasteiger partial charge in [0.25, 0.3) is 0 Å². The lowest BCUT2D eigenvalue weighted by molar-refractivity contribution is 0.0529. The van der Waals surface area contributed by atoms with Crippen molar-refractivity contribution < 1.29 is 14.3 Å². The number of halogens is 1. The third kappa shape index (κ3) is 3.13. The Morgan fingerprint density at radius 3 is 2.92 bits per heavy atom. The Morgan fingerprint density at radius 2 is 2.21 bits per heavy atom. The van der Waals surface area contributed by atoms with Gasteiger partial charge in [0.1, 0.15) is 22.7 Å². The average Bonchev–Trinajstić information content (AvgIpc) is 3.00. The largest absolute Gasteiger partial charge is 0.495 e. The van der Waals surface area contributed by atoms with Crippen LogP contribution in [0.15, 0.2) is 29.9 Å². The molecular formula is C16H14ClN3O3S. The number of anilines is 2. The zero-order valence-electron chi connectivity index (χ0n) is 13.0. The highest BCUT2D eigenvalue weighted by Gasteiger charge is 2.18. The van der Waals surface area contributed by atoms with Gasteiger partial charge in [-0.1, -0.05) is 11.6 Å². The number of thiophene rings is 1. The predicted molar refractivity (Wildman–Crippen MR) is 94.7 cm³/mol. The quantitative estimate of drug-likeness (QED) is 0.682. The Kier molecular flexibility index (Phi) is 4.82. The van der Waals surface area contributed by atoms with Gasteiger partial charge in [-0.2, -0.15) is 0 Å². The number of carbonyl (C=O) groups is 1. The number of rotatable bonds is 5. The molecule has 2 heterocycles. The number of hydrogen-bond donors (Lipinski definition) is 1. The molecule has 0 aliphatic heterocycles. The molecule has 0 bridgehead atoms. The molecule has 0 spiro atoms. The fourth-order valence-corrected chi connectivity index (χ4v) is 3.34. The second-order valence-corrected chi connectivity index (χ2v) is 6.01. The molecule has 0 unspecified atom stereocenters. The molecule has 1 aromatic carbocycles. The number of aromatic nitrogens is 2. The smallest absolute Gasteiger partial charge is 0.339 e. The summed E-state index contributed by atoms with van der Waals surface area (Å²) in [5.74, 6) is 0.706. The zero-order chi connectivity index (χ0) is 17.1. The van der Waals surface area contributed by atoms with E-state index in [1.54, 1.807) is 31.5 Å². The van der Waals surface area contributed by atoms with Crippen molar-refractivity contribution in [1.29, 1.82) is 0 Å². The van der Waals surface area contributed by atoms with Crippen LogP contribution in [0.4, 0.5) is 11.5 Å². The number of methoxy groups -OCH3 is 1. The van der Waals surface area contributed by atoms with E-state index in [4.69, 9.17) is 21.1 Å². The Bertz CT molecular complexity index is 897. The van der Waals surface area contributed by atoms with Gasteiger partial charge >= 0.3 is 5.97 Å². The molecular weight excluding hydrogens is 350 g/mol. The summed E-state index contributed by atoms with van der Waals surface area (Å²) in [5, 5.41) is 6.00. The van der Waals surface area contributed by atoms with Crippen molar-refractivity contribution in [3.05, 3.63) is 40.5 Å². The molecule has 3 aromatic rings.